The Hall–Kier alpha value is -1.68. The summed E-state index contributed by atoms with van der Waals surface area (Å²) in [6.07, 6.45) is 6.41. The smallest absolute Gasteiger partial charge is 0.133 e. The van der Waals surface area contributed by atoms with E-state index in [4.69, 9.17) is 0 Å². The highest BCUT2D eigenvalue weighted by Crippen LogP contribution is 2.29. The summed E-state index contributed by atoms with van der Waals surface area (Å²) in [7, 11) is 1.99. The van der Waals surface area contributed by atoms with Gasteiger partial charge < -0.3 is 9.88 Å². The molecule has 1 atom stereocenters. The SMILES string of the molecule is Cn1cnnc1CCNC1CCCc2ccccc21. The van der Waals surface area contributed by atoms with Crippen molar-refractivity contribution in [2.75, 3.05) is 6.54 Å². The molecular formula is C15H20N4. The van der Waals surface area contributed by atoms with Gasteiger partial charge in [0.15, 0.2) is 0 Å². The van der Waals surface area contributed by atoms with Crippen LogP contribution >= 0.6 is 0 Å². The van der Waals surface area contributed by atoms with Crippen molar-refractivity contribution in [3.63, 3.8) is 0 Å². The second-order valence-electron chi connectivity index (χ2n) is 5.21. The highest BCUT2D eigenvalue weighted by atomic mass is 15.2. The fraction of sp³-hybridized carbons (Fsp3) is 0.467. The minimum Gasteiger partial charge on any atom is -0.321 e. The maximum atomic E-state index is 4.12. The van der Waals surface area contributed by atoms with E-state index >= 15 is 0 Å². The summed E-state index contributed by atoms with van der Waals surface area (Å²) < 4.78 is 1.98. The average Bonchev–Trinajstić information content (AvgIpc) is 2.85. The molecule has 1 N–H and O–H groups in total. The number of nitrogens with zero attached hydrogens (tertiary/aromatic N) is 3. The number of nitrogens with one attached hydrogen (secondary N) is 1. The van der Waals surface area contributed by atoms with Gasteiger partial charge in [0.1, 0.15) is 12.2 Å². The van der Waals surface area contributed by atoms with Crippen LogP contribution in [0.5, 0.6) is 0 Å². The second kappa shape index (κ2) is 5.53. The summed E-state index contributed by atoms with van der Waals surface area (Å²) in [5.41, 5.74) is 2.98. The zero-order valence-corrected chi connectivity index (χ0v) is 11.3. The fourth-order valence-electron chi connectivity index (χ4n) is 2.86. The van der Waals surface area contributed by atoms with Crippen LogP contribution in [0, 0.1) is 0 Å². The van der Waals surface area contributed by atoms with E-state index < -0.39 is 0 Å². The molecule has 1 aliphatic carbocycles. The molecule has 0 saturated carbocycles. The van der Waals surface area contributed by atoms with Crippen LogP contribution in [0.25, 0.3) is 0 Å². The molecule has 0 spiro atoms. The van der Waals surface area contributed by atoms with Gasteiger partial charge in [0.2, 0.25) is 0 Å². The molecule has 1 aromatic carbocycles. The molecule has 1 aromatic heterocycles. The van der Waals surface area contributed by atoms with E-state index in [1.807, 2.05) is 11.6 Å². The van der Waals surface area contributed by atoms with E-state index in [2.05, 4.69) is 39.8 Å². The number of benzene rings is 1. The van der Waals surface area contributed by atoms with Crippen molar-refractivity contribution in [1.29, 1.82) is 0 Å². The molecule has 1 unspecified atom stereocenters. The molecule has 0 saturated heterocycles. The van der Waals surface area contributed by atoms with Gasteiger partial charge in [0, 0.05) is 26.1 Å². The molecule has 0 bridgehead atoms. The molecular weight excluding hydrogens is 236 g/mol. The largest absolute Gasteiger partial charge is 0.321 e. The van der Waals surface area contributed by atoms with Crippen LogP contribution in [0.2, 0.25) is 0 Å². The van der Waals surface area contributed by atoms with E-state index in [0.29, 0.717) is 6.04 Å². The normalized spacial score (nSPS) is 18.3. The first-order chi connectivity index (χ1) is 9.34. The average molecular weight is 256 g/mol. The molecule has 19 heavy (non-hydrogen) atoms. The van der Waals surface area contributed by atoms with Crippen LogP contribution in [0.15, 0.2) is 30.6 Å². The summed E-state index contributed by atoms with van der Waals surface area (Å²) in [5.74, 6) is 1.04. The molecule has 1 aliphatic rings. The van der Waals surface area contributed by atoms with Gasteiger partial charge >= 0.3 is 0 Å². The first-order valence-electron chi connectivity index (χ1n) is 6.98. The zero-order valence-electron chi connectivity index (χ0n) is 11.3. The Bertz CT molecular complexity index is 547. The lowest BCUT2D eigenvalue weighted by atomic mass is 9.88. The van der Waals surface area contributed by atoms with Gasteiger partial charge in [-0.15, -0.1) is 10.2 Å². The van der Waals surface area contributed by atoms with Crippen LogP contribution in [-0.2, 0) is 19.9 Å². The van der Waals surface area contributed by atoms with Crippen LogP contribution in [-0.4, -0.2) is 21.3 Å². The summed E-state index contributed by atoms with van der Waals surface area (Å²) in [6, 6.07) is 9.29. The van der Waals surface area contributed by atoms with Gasteiger partial charge in [-0.1, -0.05) is 24.3 Å². The van der Waals surface area contributed by atoms with Gasteiger partial charge in [0.05, 0.1) is 0 Å². The van der Waals surface area contributed by atoms with Crippen molar-refractivity contribution in [2.24, 2.45) is 7.05 Å². The van der Waals surface area contributed by atoms with Gasteiger partial charge in [0.25, 0.3) is 0 Å². The number of aryl methyl sites for hydroxylation is 2. The Labute approximate surface area is 113 Å². The van der Waals surface area contributed by atoms with Crippen LogP contribution < -0.4 is 5.32 Å². The van der Waals surface area contributed by atoms with Gasteiger partial charge in [-0.25, -0.2) is 0 Å². The van der Waals surface area contributed by atoms with Crippen LogP contribution in [0.3, 0.4) is 0 Å². The Morgan fingerprint density at radius 3 is 3.11 bits per heavy atom. The molecule has 0 aliphatic heterocycles. The fourth-order valence-corrected chi connectivity index (χ4v) is 2.86. The van der Waals surface area contributed by atoms with Crippen molar-refractivity contribution >= 4 is 0 Å². The molecule has 4 nitrogen and oxygen atoms in total. The molecule has 4 heteroatoms. The predicted molar refractivity (Wildman–Crippen MR) is 74.8 cm³/mol. The first kappa shape index (κ1) is 12.4. The number of hydrogen-bond donors (Lipinski definition) is 1. The van der Waals surface area contributed by atoms with E-state index in [0.717, 1.165) is 18.8 Å². The summed E-state index contributed by atoms with van der Waals surface area (Å²) in [6.45, 7) is 0.950. The summed E-state index contributed by atoms with van der Waals surface area (Å²) >= 11 is 0. The monoisotopic (exact) mass is 256 g/mol. The first-order valence-corrected chi connectivity index (χ1v) is 6.98. The maximum Gasteiger partial charge on any atom is 0.133 e. The zero-order chi connectivity index (χ0) is 13.1. The van der Waals surface area contributed by atoms with Gasteiger partial charge in [-0.3, -0.25) is 0 Å². The Morgan fingerprint density at radius 1 is 1.37 bits per heavy atom. The Morgan fingerprint density at radius 2 is 2.26 bits per heavy atom. The van der Waals surface area contributed by atoms with Crippen LogP contribution in [0.4, 0.5) is 0 Å². The highest BCUT2D eigenvalue weighted by molar-refractivity contribution is 5.32. The van der Waals surface area contributed by atoms with E-state index in [9.17, 15) is 0 Å². The minimum atomic E-state index is 0.498. The third-order valence-electron chi connectivity index (χ3n) is 3.91. The molecule has 3 rings (SSSR count). The quantitative estimate of drug-likeness (QED) is 0.910. The highest BCUT2D eigenvalue weighted by Gasteiger charge is 2.18. The van der Waals surface area contributed by atoms with Gasteiger partial charge in [-0.05, 0) is 30.4 Å². The molecule has 0 amide bonds. The third-order valence-corrected chi connectivity index (χ3v) is 3.91. The van der Waals surface area contributed by atoms with E-state index in [1.165, 1.54) is 30.4 Å². The Balaban J connectivity index is 1.61. The molecule has 0 fully saturated rings. The van der Waals surface area contributed by atoms with E-state index in [1.54, 1.807) is 6.33 Å². The standard InChI is InChI=1S/C15H20N4/c1-19-11-17-18-15(19)9-10-16-14-8-4-6-12-5-2-3-7-13(12)14/h2-3,5,7,11,14,16H,4,6,8-10H2,1H3. The minimum absolute atomic E-state index is 0.498. The van der Waals surface area contributed by atoms with Crippen molar-refractivity contribution in [3.05, 3.63) is 47.5 Å². The lowest BCUT2D eigenvalue weighted by Crippen LogP contribution is -2.27. The third kappa shape index (κ3) is 2.68. The van der Waals surface area contributed by atoms with Crippen LogP contribution in [0.1, 0.15) is 35.8 Å². The molecule has 0 radical (unpaired) electrons. The molecule has 1 heterocycles. The lowest BCUT2D eigenvalue weighted by molar-refractivity contribution is 0.459. The predicted octanol–water partition coefficient (Wildman–Crippen LogP) is 2.02. The Kier molecular flexibility index (Phi) is 3.60. The van der Waals surface area contributed by atoms with Crippen molar-refractivity contribution in [1.82, 2.24) is 20.1 Å². The molecule has 2 aromatic rings. The van der Waals surface area contributed by atoms with Crippen molar-refractivity contribution in [2.45, 2.75) is 31.7 Å². The van der Waals surface area contributed by atoms with Crippen molar-refractivity contribution in [3.8, 4) is 0 Å². The second-order valence-corrected chi connectivity index (χ2v) is 5.21. The number of aromatic nitrogens is 3. The van der Waals surface area contributed by atoms with Gasteiger partial charge in [-0.2, -0.15) is 0 Å². The number of rotatable bonds is 4. The molecule has 100 valence electrons. The summed E-state index contributed by atoms with van der Waals surface area (Å²) in [4.78, 5) is 0. The lowest BCUT2D eigenvalue weighted by Gasteiger charge is -2.26. The number of fused-ring (bicyclic) bond motifs is 1. The topological polar surface area (TPSA) is 42.7 Å². The maximum absolute atomic E-state index is 4.12. The van der Waals surface area contributed by atoms with Crippen molar-refractivity contribution < 1.29 is 0 Å². The van der Waals surface area contributed by atoms with E-state index in [-0.39, 0.29) is 0 Å². The summed E-state index contributed by atoms with van der Waals surface area (Å²) in [5, 5.41) is 11.7. The number of hydrogen-bond acceptors (Lipinski definition) is 3.